The predicted molar refractivity (Wildman–Crippen MR) is 113 cm³/mol. The van der Waals surface area contributed by atoms with Crippen molar-refractivity contribution in [2.45, 2.75) is 31.7 Å². The van der Waals surface area contributed by atoms with Crippen molar-refractivity contribution in [3.05, 3.63) is 68.7 Å². The van der Waals surface area contributed by atoms with Crippen LogP contribution in [0.25, 0.3) is 0 Å². The van der Waals surface area contributed by atoms with Crippen molar-refractivity contribution >= 4 is 46.6 Å². The molecule has 2 amide bonds. The van der Waals surface area contributed by atoms with Gasteiger partial charge in [-0.25, -0.2) is 0 Å². The number of hydrogen-bond acceptors (Lipinski definition) is 2. The van der Waals surface area contributed by atoms with E-state index in [2.05, 4.69) is 5.32 Å². The van der Waals surface area contributed by atoms with Gasteiger partial charge in [0.2, 0.25) is 5.91 Å². The molecule has 0 radical (unpaired) electrons. The van der Waals surface area contributed by atoms with Crippen LogP contribution < -0.4 is 5.32 Å². The quantitative estimate of drug-likeness (QED) is 0.712. The van der Waals surface area contributed by atoms with E-state index in [4.69, 9.17) is 34.8 Å². The molecule has 148 valence electrons. The number of likely N-dealkylation sites (tertiary alicyclic amines) is 1. The maximum atomic E-state index is 12.4. The highest BCUT2D eigenvalue weighted by Gasteiger charge is 2.24. The summed E-state index contributed by atoms with van der Waals surface area (Å²) in [5, 5.41) is 4.52. The van der Waals surface area contributed by atoms with Crippen molar-refractivity contribution in [3.8, 4) is 0 Å². The summed E-state index contributed by atoms with van der Waals surface area (Å²) in [4.78, 5) is 26.7. The molecule has 1 aliphatic rings. The number of carbonyl (C=O) groups excluding carboxylic acids is 2. The first-order valence-electron chi connectivity index (χ1n) is 9.20. The molecule has 0 atom stereocenters. The summed E-state index contributed by atoms with van der Waals surface area (Å²) >= 11 is 17.8. The predicted octanol–water partition coefficient (Wildman–Crippen LogP) is 5.00. The largest absolute Gasteiger partial charge is 0.349 e. The highest BCUT2D eigenvalue weighted by molar-refractivity contribution is 6.36. The van der Waals surface area contributed by atoms with Crippen molar-refractivity contribution in [1.29, 1.82) is 0 Å². The molecule has 2 aromatic carbocycles. The molecular weight excluding hydrogens is 419 g/mol. The number of rotatable bonds is 5. The third-order valence-corrected chi connectivity index (χ3v) is 5.70. The van der Waals surface area contributed by atoms with Gasteiger partial charge in [0.25, 0.3) is 5.91 Å². The number of piperidine rings is 1. The molecule has 1 N–H and O–H groups in total. The van der Waals surface area contributed by atoms with Gasteiger partial charge >= 0.3 is 0 Å². The first-order valence-corrected chi connectivity index (χ1v) is 10.3. The molecule has 0 aromatic heterocycles. The first-order chi connectivity index (χ1) is 13.4. The molecule has 3 rings (SSSR count). The third-order valence-electron chi connectivity index (χ3n) is 4.90. The summed E-state index contributed by atoms with van der Waals surface area (Å²) in [5.41, 5.74) is 1.51. The van der Waals surface area contributed by atoms with E-state index >= 15 is 0 Å². The Labute approximate surface area is 179 Å². The number of carbonyl (C=O) groups is 2. The maximum Gasteiger partial charge on any atom is 0.253 e. The second-order valence-corrected chi connectivity index (χ2v) is 8.16. The van der Waals surface area contributed by atoms with Crippen LogP contribution >= 0.6 is 34.8 Å². The summed E-state index contributed by atoms with van der Waals surface area (Å²) in [5.74, 6) is -0.0744. The summed E-state index contributed by atoms with van der Waals surface area (Å²) in [6.45, 7) is 1.28. The van der Waals surface area contributed by atoms with Crippen molar-refractivity contribution < 1.29 is 9.59 Å². The molecule has 4 nitrogen and oxygen atoms in total. The third kappa shape index (κ3) is 5.63. The van der Waals surface area contributed by atoms with Crippen molar-refractivity contribution in [3.63, 3.8) is 0 Å². The molecule has 1 saturated heterocycles. The standard InChI is InChI=1S/C21H21Cl3N2O2/c22-15-4-1-14(2-5-15)3-8-20(27)26-11-9-17(10-12-26)25-21(28)18-7-6-16(23)13-19(18)24/h1-2,4-7,13,17H,3,8-12H2,(H,25,28). The maximum absolute atomic E-state index is 12.4. The molecule has 1 heterocycles. The van der Waals surface area contributed by atoms with E-state index in [0.717, 1.165) is 18.4 Å². The number of halogens is 3. The highest BCUT2D eigenvalue weighted by Crippen LogP contribution is 2.22. The van der Waals surface area contributed by atoms with Gasteiger partial charge in [-0.15, -0.1) is 0 Å². The minimum Gasteiger partial charge on any atom is -0.349 e. The number of hydrogen-bond donors (Lipinski definition) is 1. The zero-order chi connectivity index (χ0) is 20.1. The lowest BCUT2D eigenvalue weighted by Crippen LogP contribution is -2.46. The van der Waals surface area contributed by atoms with Crippen LogP contribution in [0.1, 0.15) is 35.2 Å². The van der Waals surface area contributed by atoms with Gasteiger partial charge in [-0.05, 0) is 55.2 Å². The Morgan fingerprint density at radius 2 is 1.61 bits per heavy atom. The number of aryl methyl sites for hydroxylation is 1. The van der Waals surface area contributed by atoms with Crippen molar-refractivity contribution in [2.24, 2.45) is 0 Å². The van der Waals surface area contributed by atoms with Gasteiger partial charge in [0.1, 0.15) is 0 Å². The van der Waals surface area contributed by atoms with Gasteiger partial charge < -0.3 is 10.2 Å². The van der Waals surface area contributed by atoms with E-state index in [0.29, 0.717) is 46.6 Å². The minimum atomic E-state index is -0.214. The molecule has 0 bridgehead atoms. The molecule has 0 saturated carbocycles. The highest BCUT2D eigenvalue weighted by atomic mass is 35.5. The van der Waals surface area contributed by atoms with Crippen molar-refractivity contribution in [2.75, 3.05) is 13.1 Å². The minimum absolute atomic E-state index is 0.0274. The average Bonchev–Trinajstić information content (AvgIpc) is 2.67. The fraction of sp³-hybridized carbons (Fsp3) is 0.333. The topological polar surface area (TPSA) is 49.4 Å². The summed E-state index contributed by atoms with van der Waals surface area (Å²) < 4.78 is 0. The number of nitrogens with zero attached hydrogens (tertiary/aromatic N) is 1. The lowest BCUT2D eigenvalue weighted by molar-refractivity contribution is -0.132. The summed E-state index contributed by atoms with van der Waals surface area (Å²) in [6.07, 6.45) is 2.62. The Morgan fingerprint density at radius 3 is 2.25 bits per heavy atom. The molecule has 2 aromatic rings. The normalized spacial score (nSPS) is 14.8. The van der Waals surface area contributed by atoms with E-state index in [9.17, 15) is 9.59 Å². The Kier molecular flexibility index (Phi) is 7.22. The molecule has 0 spiro atoms. The van der Waals surface area contributed by atoms with Crippen LogP contribution in [0.2, 0.25) is 15.1 Å². The van der Waals surface area contributed by atoms with Gasteiger partial charge in [0.15, 0.2) is 0 Å². The molecule has 1 aliphatic heterocycles. The van der Waals surface area contributed by atoms with E-state index in [1.807, 2.05) is 29.2 Å². The Morgan fingerprint density at radius 1 is 0.964 bits per heavy atom. The number of benzene rings is 2. The van der Waals surface area contributed by atoms with Gasteiger partial charge in [-0.2, -0.15) is 0 Å². The van der Waals surface area contributed by atoms with Gasteiger partial charge in [0, 0.05) is 35.6 Å². The molecule has 1 fully saturated rings. The van der Waals surface area contributed by atoms with E-state index in [1.165, 1.54) is 0 Å². The lowest BCUT2D eigenvalue weighted by atomic mass is 10.0. The van der Waals surface area contributed by atoms with Crippen LogP contribution in [-0.4, -0.2) is 35.8 Å². The van der Waals surface area contributed by atoms with E-state index in [1.54, 1.807) is 18.2 Å². The van der Waals surface area contributed by atoms with Crippen LogP contribution in [0, 0.1) is 0 Å². The van der Waals surface area contributed by atoms with Crippen LogP contribution in [0.3, 0.4) is 0 Å². The van der Waals surface area contributed by atoms with Gasteiger partial charge in [-0.3, -0.25) is 9.59 Å². The van der Waals surface area contributed by atoms with Crippen molar-refractivity contribution in [1.82, 2.24) is 10.2 Å². The summed E-state index contributed by atoms with van der Waals surface area (Å²) in [6, 6.07) is 12.4. The Bertz CT molecular complexity index is 847. The zero-order valence-electron chi connectivity index (χ0n) is 15.3. The lowest BCUT2D eigenvalue weighted by Gasteiger charge is -2.32. The molecule has 28 heavy (non-hydrogen) atoms. The monoisotopic (exact) mass is 438 g/mol. The van der Waals surface area contributed by atoms with Gasteiger partial charge in [-0.1, -0.05) is 46.9 Å². The SMILES string of the molecule is O=C(NC1CCN(C(=O)CCc2ccc(Cl)cc2)CC1)c1ccc(Cl)cc1Cl. The fourth-order valence-electron chi connectivity index (χ4n) is 3.27. The van der Waals surface area contributed by atoms with Gasteiger partial charge in [0.05, 0.1) is 10.6 Å². The first kappa shape index (κ1) is 21.0. The van der Waals surface area contributed by atoms with Crippen LogP contribution in [0.5, 0.6) is 0 Å². The average molecular weight is 440 g/mol. The second-order valence-electron chi connectivity index (χ2n) is 6.88. The molecular formula is C21H21Cl3N2O2. The van der Waals surface area contributed by atoms with E-state index < -0.39 is 0 Å². The number of nitrogens with one attached hydrogen (secondary N) is 1. The Balaban J connectivity index is 1.45. The molecule has 0 unspecified atom stereocenters. The van der Waals surface area contributed by atoms with Crippen LogP contribution in [0.15, 0.2) is 42.5 Å². The second kappa shape index (κ2) is 9.64. The molecule has 0 aliphatic carbocycles. The molecule has 7 heteroatoms. The number of amides is 2. The Hall–Kier alpha value is -1.75. The fourth-order valence-corrected chi connectivity index (χ4v) is 3.89. The summed E-state index contributed by atoms with van der Waals surface area (Å²) in [7, 11) is 0. The van der Waals surface area contributed by atoms with Crippen LogP contribution in [-0.2, 0) is 11.2 Å². The zero-order valence-corrected chi connectivity index (χ0v) is 17.5. The van der Waals surface area contributed by atoms with Crippen LogP contribution in [0.4, 0.5) is 0 Å². The van der Waals surface area contributed by atoms with E-state index in [-0.39, 0.29) is 17.9 Å². The smallest absolute Gasteiger partial charge is 0.253 e.